The van der Waals surface area contributed by atoms with Crippen LogP contribution in [0.3, 0.4) is 0 Å². The van der Waals surface area contributed by atoms with Crippen molar-refractivity contribution in [2.45, 2.75) is 20.3 Å². The van der Waals surface area contributed by atoms with Crippen molar-refractivity contribution in [2.75, 3.05) is 58.2 Å². The fraction of sp³-hybridized carbons (Fsp3) is 0.550. The Bertz CT molecular complexity index is 687. The highest BCUT2D eigenvalue weighted by molar-refractivity contribution is 5.94. The predicted molar refractivity (Wildman–Crippen MR) is 107 cm³/mol. The average molecular weight is 390 g/mol. The Morgan fingerprint density at radius 3 is 2.32 bits per heavy atom. The number of ether oxygens (including phenoxy) is 1. The molecule has 1 aromatic rings. The second kappa shape index (κ2) is 10.7. The minimum atomic E-state index is -0.188. The second-order valence-corrected chi connectivity index (χ2v) is 6.85. The van der Waals surface area contributed by atoms with Crippen LogP contribution in [0.4, 0.5) is 5.69 Å². The Kier molecular flexibility index (Phi) is 8.25. The van der Waals surface area contributed by atoms with Gasteiger partial charge in [-0.3, -0.25) is 19.3 Å². The number of piperazine rings is 1. The predicted octanol–water partition coefficient (Wildman–Crippen LogP) is 1.04. The van der Waals surface area contributed by atoms with Crippen LogP contribution in [0.1, 0.15) is 20.3 Å². The van der Waals surface area contributed by atoms with Gasteiger partial charge in [-0.2, -0.15) is 0 Å². The zero-order chi connectivity index (χ0) is 20.5. The van der Waals surface area contributed by atoms with E-state index in [1.807, 2.05) is 24.0 Å². The summed E-state index contributed by atoms with van der Waals surface area (Å²) in [5.41, 5.74) is 0.609. The van der Waals surface area contributed by atoms with Gasteiger partial charge in [-0.15, -0.1) is 0 Å². The van der Waals surface area contributed by atoms with Gasteiger partial charge in [0, 0.05) is 33.1 Å². The number of rotatable bonds is 8. The van der Waals surface area contributed by atoms with Crippen molar-refractivity contribution in [3.05, 3.63) is 24.3 Å². The number of carbonyl (C=O) groups excluding carboxylic acids is 3. The molecule has 1 N–H and O–H groups in total. The normalized spacial score (nSPS) is 14.1. The van der Waals surface area contributed by atoms with Crippen LogP contribution in [-0.2, 0) is 14.4 Å². The highest BCUT2D eigenvalue weighted by Gasteiger charge is 2.24. The number of para-hydroxylation sites is 2. The number of hydrogen-bond acceptors (Lipinski definition) is 5. The lowest BCUT2D eigenvalue weighted by molar-refractivity contribution is -0.139. The molecule has 1 fully saturated rings. The van der Waals surface area contributed by atoms with Gasteiger partial charge in [0.25, 0.3) is 0 Å². The monoisotopic (exact) mass is 390 g/mol. The molecule has 0 bridgehead atoms. The highest BCUT2D eigenvalue weighted by atomic mass is 16.5. The van der Waals surface area contributed by atoms with E-state index >= 15 is 0 Å². The third-order valence-electron chi connectivity index (χ3n) is 4.72. The van der Waals surface area contributed by atoms with E-state index in [0.29, 0.717) is 44.2 Å². The summed E-state index contributed by atoms with van der Waals surface area (Å²) in [6.45, 7) is 6.71. The molecule has 28 heavy (non-hydrogen) atoms. The largest absolute Gasteiger partial charge is 0.495 e. The molecule has 2 rings (SSSR count). The maximum atomic E-state index is 12.6. The molecule has 154 valence electrons. The SMILES string of the molecule is CCCN(CC(=O)Nc1ccccc1OC)CC(=O)N1CCN(C(C)=O)CC1. The van der Waals surface area contributed by atoms with E-state index in [1.165, 1.54) is 0 Å². The lowest BCUT2D eigenvalue weighted by Gasteiger charge is -2.35. The van der Waals surface area contributed by atoms with Gasteiger partial charge in [-0.25, -0.2) is 0 Å². The Balaban J connectivity index is 1.89. The molecule has 0 spiro atoms. The molecule has 0 unspecified atom stereocenters. The lowest BCUT2D eigenvalue weighted by atomic mass is 10.2. The van der Waals surface area contributed by atoms with Gasteiger partial charge < -0.3 is 19.9 Å². The number of benzene rings is 1. The molecular weight excluding hydrogens is 360 g/mol. The molecule has 0 radical (unpaired) electrons. The van der Waals surface area contributed by atoms with Gasteiger partial charge in [0.2, 0.25) is 17.7 Å². The molecule has 3 amide bonds. The molecule has 1 aromatic carbocycles. The minimum absolute atomic E-state index is 0.0123. The quantitative estimate of drug-likeness (QED) is 0.717. The summed E-state index contributed by atoms with van der Waals surface area (Å²) in [7, 11) is 1.55. The molecule has 1 heterocycles. The summed E-state index contributed by atoms with van der Waals surface area (Å²) in [6.07, 6.45) is 0.841. The van der Waals surface area contributed by atoms with E-state index in [2.05, 4.69) is 5.32 Å². The Morgan fingerprint density at radius 1 is 1.07 bits per heavy atom. The minimum Gasteiger partial charge on any atom is -0.495 e. The number of nitrogens with zero attached hydrogens (tertiary/aromatic N) is 3. The second-order valence-electron chi connectivity index (χ2n) is 6.85. The molecule has 0 atom stereocenters. The topological polar surface area (TPSA) is 82.2 Å². The smallest absolute Gasteiger partial charge is 0.238 e. The van der Waals surface area contributed by atoms with Gasteiger partial charge in [0.05, 0.1) is 25.9 Å². The zero-order valence-electron chi connectivity index (χ0n) is 16.9. The van der Waals surface area contributed by atoms with Crippen molar-refractivity contribution in [1.82, 2.24) is 14.7 Å². The number of carbonyl (C=O) groups is 3. The van der Waals surface area contributed by atoms with Gasteiger partial charge in [0.15, 0.2) is 0 Å². The van der Waals surface area contributed by atoms with Crippen molar-refractivity contribution in [3.8, 4) is 5.75 Å². The van der Waals surface area contributed by atoms with E-state index in [-0.39, 0.29) is 30.8 Å². The molecular formula is C20H30N4O4. The average Bonchev–Trinajstić information content (AvgIpc) is 2.68. The molecule has 8 nitrogen and oxygen atoms in total. The maximum Gasteiger partial charge on any atom is 0.238 e. The molecule has 0 aliphatic carbocycles. The first kappa shape index (κ1) is 21.7. The van der Waals surface area contributed by atoms with E-state index < -0.39 is 0 Å². The number of amides is 3. The molecule has 1 saturated heterocycles. The number of methoxy groups -OCH3 is 1. The van der Waals surface area contributed by atoms with E-state index in [0.717, 1.165) is 6.42 Å². The molecule has 0 saturated carbocycles. The summed E-state index contributed by atoms with van der Waals surface area (Å²) in [5.74, 6) is 0.430. The Hall–Kier alpha value is -2.61. The molecule has 1 aliphatic rings. The first-order chi connectivity index (χ1) is 13.4. The van der Waals surface area contributed by atoms with Crippen LogP contribution < -0.4 is 10.1 Å². The molecule has 8 heteroatoms. The summed E-state index contributed by atoms with van der Waals surface area (Å²) >= 11 is 0. The number of anilines is 1. The van der Waals surface area contributed by atoms with Gasteiger partial charge in [-0.05, 0) is 25.1 Å². The van der Waals surface area contributed by atoms with Crippen LogP contribution in [0.2, 0.25) is 0 Å². The highest BCUT2D eigenvalue weighted by Crippen LogP contribution is 2.22. The Labute approximate surface area is 166 Å². The van der Waals surface area contributed by atoms with E-state index in [4.69, 9.17) is 4.74 Å². The first-order valence-electron chi connectivity index (χ1n) is 9.63. The van der Waals surface area contributed by atoms with Crippen LogP contribution in [0, 0.1) is 0 Å². The van der Waals surface area contributed by atoms with Crippen molar-refractivity contribution >= 4 is 23.4 Å². The summed E-state index contributed by atoms with van der Waals surface area (Å²) in [5, 5.41) is 2.85. The Morgan fingerprint density at radius 2 is 1.71 bits per heavy atom. The van der Waals surface area contributed by atoms with Crippen molar-refractivity contribution in [1.29, 1.82) is 0 Å². The van der Waals surface area contributed by atoms with Crippen LogP contribution in [-0.4, -0.2) is 85.3 Å². The third kappa shape index (κ3) is 6.23. The lowest BCUT2D eigenvalue weighted by Crippen LogP contribution is -2.52. The standard InChI is InChI=1S/C20H30N4O4/c1-4-9-22(14-19(26)21-17-7-5-6-8-18(17)28-3)15-20(27)24-12-10-23(11-13-24)16(2)25/h5-8H,4,9-15H2,1-3H3,(H,21,26). The fourth-order valence-electron chi connectivity index (χ4n) is 3.23. The van der Waals surface area contributed by atoms with Crippen molar-refractivity contribution in [2.24, 2.45) is 0 Å². The van der Waals surface area contributed by atoms with Crippen LogP contribution in [0.5, 0.6) is 5.75 Å². The molecule has 0 aromatic heterocycles. The van der Waals surface area contributed by atoms with E-state index in [1.54, 1.807) is 36.0 Å². The van der Waals surface area contributed by atoms with Gasteiger partial charge in [0.1, 0.15) is 5.75 Å². The zero-order valence-corrected chi connectivity index (χ0v) is 16.9. The molecule has 1 aliphatic heterocycles. The summed E-state index contributed by atoms with van der Waals surface area (Å²) in [6, 6.07) is 7.22. The number of hydrogen-bond donors (Lipinski definition) is 1. The third-order valence-corrected chi connectivity index (χ3v) is 4.72. The van der Waals surface area contributed by atoms with Crippen molar-refractivity contribution < 1.29 is 19.1 Å². The fourth-order valence-corrected chi connectivity index (χ4v) is 3.23. The first-order valence-corrected chi connectivity index (χ1v) is 9.63. The van der Waals surface area contributed by atoms with Crippen LogP contribution in [0.25, 0.3) is 0 Å². The van der Waals surface area contributed by atoms with E-state index in [9.17, 15) is 14.4 Å². The van der Waals surface area contributed by atoms with Crippen LogP contribution >= 0.6 is 0 Å². The van der Waals surface area contributed by atoms with Crippen LogP contribution in [0.15, 0.2) is 24.3 Å². The maximum absolute atomic E-state index is 12.6. The van der Waals surface area contributed by atoms with Crippen molar-refractivity contribution in [3.63, 3.8) is 0 Å². The summed E-state index contributed by atoms with van der Waals surface area (Å²) < 4.78 is 5.25. The number of nitrogens with one attached hydrogen (secondary N) is 1. The van der Waals surface area contributed by atoms with Gasteiger partial charge in [-0.1, -0.05) is 19.1 Å². The van der Waals surface area contributed by atoms with Gasteiger partial charge >= 0.3 is 0 Å². The summed E-state index contributed by atoms with van der Waals surface area (Å²) in [4.78, 5) is 41.9.